The highest BCUT2D eigenvalue weighted by atomic mass is 79.9. The monoisotopic (exact) mass is 409 g/mol. The van der Waals surface area contributed by atoms with Crippen molar-refractivity contribution in [1.82, 2.24) is 14.9 Å². The number of rotatable bonds is 4. The molecule has 1 aliphatic rings. The van der Waals surface area contributed by atoms with Crippen LogP contribution in [0.25, 0.3) is 11.0 Å². The topological polar surface area (TPSA) is 50.1 Å². The molecule has 4 nitrogen and oxygen atoms in total. The molecule has 2 heterocycles. The number of halogens is 3. The lowest BCUT2D eigenvalue weighted by atomic mass is 9.97. The number of aliphatic hydroxyl groups excluding tert-OH is 1. The van der Waals surface area contributed by atoms with E-state index < -0.39 is 0 Å². The van der Waals surface area contributed by atoms with Gasteiger partial charge >= 0.3 is 0 Å². The summed E-state index contributed by atoms with van der Waals surface area (Å²) in [5, 5.41) is 13.4. The smallest absolute Gasteiger partial charge is 0.0958 e. The number of fused-ring (bicyclic) bond motifs is 1. The van der Waals surface area contributed by atoms with Crippen LogP contribution in [0.4, 0.5) is 0 Å². The standard InChI is InChI=1S/C15H20BrN3O.2ClH/c16-11-4-1-5-13-15(11)19(10-18-13)9-3-6-12-14(20)7-2-8-17-12;;/h1,4-5,10,12,14,17,20H,2-3,6-9H2;2*1H/t12-,14+;;/m1../s1. The van der Waals surface area contributed by atoms with E-state index in [1.165, 1.54) is 0 Å². The van der Waals surface area contributed by atoms with E-state index in [0.717, 1.165) is 54.3 Å². The third kappa shape index (κ3) is 4.36. The minimum atomic E-state index is -0.185. The van der Waals surface area contributed by atoms with Gasteiger partial charge in [0.15, 0.2) is 0 Å². The van der Waals surface area contributed by atoms with Crippen LogP contribution in [0.3, 0.4) is 0 Å². The average Bonchev–Trinajstić information content (AvgIpc) is 2.86. The molecule has 2 atom stereocenters. The van der Waals surface area contributed by atoms with Crippen molar-refractivity contribution in [2.45, 2.75) is 44.4 Å². The molecule has 0 aliphatic carbocycles. The molecule has 0 unspecified atom stereocenters. The molecule has 3 rings (SSSR count). The first-order chi connectivity index (χ1) is 9.75. The highest BCUT2D eigenvalue weighted by Crippen LogP contribution is 2.23. The van der Waals surface area contributed by atoms with Crippen LogP contribution in [-0.4, -0.2) is 33.3 Å². The highest BCUT2D eigenvalue weighted by Gasteiger charge is 2.21. The highest BCUT2D eigenvalue weighted by molar-refractivity contribution is 9.10. The third-order valence-electron chi connectivity index (χ3n) is 4.05. The van der Waals surface area contributed by atoms with Crippen molar-refractivity contribution in [3.63, 3.8) is 0 Å². The maximum absolute atomic E-state index is 9.95. The van der Waals surface area contributed by atoms with Crippen LogP contribution in [0.5, 0.6) is 0 Å². The van der Waals surface area contributed by atoms with Crippen LogP contribution >= 0.6 is 40.7 Å². The minimum absolute atomic E-state index is 0. The predicted octanol–water partition coefficient (Wildman–Crippen LogP) is 3.54. The van der Waals surface area contributed by atoms with Gasteiger partial charge in [-0.3, -0.25) is 0 Å². The summed E-state index contributed by atoms with van der Waals surface area (Å²) in [5.74, 6) is 0. The Morgan fingerprint density at radius 2 is 2.18 bits per heavy atom. The average molecular weight is 411 g/mol. The van der Waals surface area contributed by atoms with E-state index in [9.17, 15) is 5.11 Å². The minimum Gasteiger partial charge on any atom is -0.392 e. The Morgan fingerprint density at radius 3 is 2.95 bits per heavy atom. The summed E-state index contributed by atoms with van der Waals surface area (Å²) in [4.78, 5) is 4.43. The fraction of sp³-hybridized carbons (Fsp3) is 0.533. The first kappa shape index (κ1) is 19.7. The number of aromatic nitrogens is 2. The molecule has 1 aromatic heterocycles. The summed E-state index contributed by atoms with van der Waals surface area (Å²) in [6.07, 6.45) is 5.77. The second-order valence-corrected chi connectivity index (χ2v) is 6.31. The fourth-order valence-electron chi connectivity index (χ4n) is 2.96. The Morgan fingerprint density at radius 1 is 1.36 bits per heavy atom. The van der Waals surface area contributed by atoms with Crippen molar-refractivity contribution in [3.05, 3.63) is 29.0 Å². The maximum atomic E-state index is 9.95. The molecule has 22 heavy (non-hydrogen) atoms. The van der Waals surface area contributed by atoms with Gasteiger partial charge < -0.3 is 15.0 Å². The molecule has 0 bridgehead atoms. The number of hydrogen-bond donors (Lipinski definition) is 2. The zero-order valence-electron chi connectivity index (χ0n) is 12.2. The van der Waals surface area contributed by atoms with Gasteiger partial charge in [0.1, 0.15) is 0 Å². The van der Waals surface area contributed by atoms with Gasteiger partial charge in [-0.15, -0.1) is 24.8 Å². The molecule has 1 fully saturated rings. The Kier molecular flexibility index (Phi) is 8.14. The van der Waals surface area contributed by atoms with Crippen LogP contribution in [0.15, 0.2) is 29.0 Å². The quantitative estimate of drug-likeness (QED) is 0.810. The van der Waals surface area contributed by atoms with Gasteiger partial charge in [0.25, 0.3) is 0 Å². The largest absolute Gasteiger partial charge is 0.392 e. The summed E-state index contributed by atoms with van der Waals surface area (Å²) >= 11 is 3.59. The summed E-state index contributed by atoms with van der Waals surface area (Å²) in [7, 11) is 0. The molecule has 1 aliphatic heterocycles. The number of benzene rings is 1. The number of para-hydroxylation sites is 1. The number of imidazole rings is 1. The van der Waals surface area contributed by atoms with Crippen molar-refractivity contribution in [2.75, 3.05) is 6.54 Å². The molecule has 0 saturated carbocycles. The maximum Gasteiger partial charge on any atom is 0.0958 e. The normalized spacial score (nSPS) is 21.2. The molecule has 7 heteroatoms. The van der Waals surface area contributed by atoms with Crippen molar-refractivity contribution in [3.8, 4) is 0 Å². The van der Waals surface area contributed by atoms with Gasteiger partial charge in [0.2, 0.25) is 0 Å². The number of aryl methyl sites for hydroxylation is 1. The Labute approximate surface area is 151 Å². The number of aliphatic hydroxyl groups is 1. The van der Waals surface area contributed by atoms with Gasteiger partial charge in [-0.05, 0) is 60.3 Å². The zero-order chi connectivity index (χ0) is 13.9. The van der Waals surface area contributed by atoms with Gasteiger partial charge in [0, 0.05) is 17.1 Å². The molecular formula is C15H22BrCl2N3O. The summed E-state index contributed by atoms with van der Waals surface area (Å²) in [6.45, 7) is 1.96. The van der Waals surface area contributed by atoms with Crippen molar-refractivity contribution >= 4 is 51.8 Å². The van der Waals surface area contributed by atoms with Crippen LogP contribution in [-0.2, 0) is 6.54 Å². The Balaban J connectivity index is 0.00000121. The molecule has 2 aromatic rings. The molecule has 2 N–H and O–H groups in total. The molecule has 1 saturated heterocycles. The van der Waals surface area contributed by atoms with Gasteiger partial charge in [-0.2, -0.15) is 0 Å². The van der Waals surface area contributed by atoms with Gasteiger partial charge in [0.05, 0.1) is 23.5 Å². The second-order valence-electron chi connectivity index (χ2n) is 5.46. The molecule has 1 aromatic carbocycles. The van der Waals surface area contributed by atoms with Crippen LogP contribution < -0.4 is 5.32 Å². The first-order valence-corrected chi connectivity index (χ1v) is 8.06. The first-order valence-electron chi connectivity index (χ1n) is 7.26. The van der Waals surface area contributed by atoms with E-state index in [-0.39, 0.29) is 37.0 Å². The van der Waals surface area contributed by atoms with Gasteiger partial charge in [-0.1, -0.05) is 6.07 Å². The van der Waals surface area contributed by atoms with E-state index >= 15 is 0 Å². The Hall–Kier alpha value is -0.330. The summed E-state index contributed by atoms with van der Waals surface area (Å²) in [6, 6.07) is 6.34. The van der Waals surface area contributed by atoms with Crippen molar-refractivity contribution < 1.29 is 5.11 Å². The summed E-state index contributed by atoms with van der Waals surface area (Å²) in [5.41, 5.74) is 2.18. The van der Waals surface area contributed by atoms with Gasteiger partial charge in [-0.25, -0.2) is 4.98 Å². The lowest BCUT2D eigenvalue weighted by Gasteiger charge is -2.29. The molecular weight excluding hydrogens is 389 g/mol. The van der Waals surface area contributed by atoms with Crippen LogP contribution in [0.2, 0.25) is 0 Å². The van der Waals surface area contributed by atoms with Crippen LogP contribution in [0.1, 0.15) is 25.7 Å². The van der Waals surface area contributed by atoms with Crippen LogP contribution in [0, 0.1) is 0 Å². The molecule has 0 radical (unpaired) electrons. The second kappa shape index (κ2) is 9.08. The van der Waals surface area contributed by atoms with E-state index in [2.05, 4.69) is 30.8 Å². The van der Waals surface area contributed by atoms with E-state index in [1.54, 1.807) is 0 Å². The number of nitrogens with one attached hydrogen (secondary N) is 1. The Bertz CT molecular complexity index is 593. The lowest BCUT2D eigenvalue weighted by molar-refractivity contribution is 0.0909. The zero-order valence-corrected chi connectivity index (χ0v) is 15.5. The number of hydrogen-bond acceptors (Lipinski definition) is 3. The summed E-state index contributed by atoms with van der Waals surface area (Å²) < 4.78 is 3.28. The van der Waals surface area contributed by atoms with E-state index in [1.807, 2.05) is 24.5 Å². The van der Waals surface area contributed by atoms with E-state index in [4.69, 9.17) is 0 Å². The van der Waals surface area contributed by atoms with E-state index in [0.29, 0.717) is 0 Å². The third-order valence-corrected chi connectivity index (χ3v) is 4.69. The fourth-order valence-corrected chi connectivity index (χ4v) is 3.55. The number of piperidine rings is 1. The number of nitrogens with zero attached hydrogens (tertiary/aromatic N) is 2. The van der Waals surface area contributed by atoms with Crippen molar-refractivity contribution in [1.29, 1.82) is 0 Å². The molecule has 0 amide bonds. The molecule has 0 spiro atoms. The predicted molar refractivity (Wildman–Crippen MR) is 98.2 cm³/mol. The SMILES string of the molecule is Cl.Cl.O[C@H]1CCCN[C@@H]1CCCn1cnc2cccc(Br)c21. The van der Waals surface area contributed by atoms with Crippen molar-refractivity contribution in [2.24, 2.45) is 0 Å². The molecule has 124 valence electrons. The lowest BCUT2D eigenvalue weighted by Crippen LogP contribution is -2.44.